The molecule has 2 aliphatic heterocycles. The molecular weight excluding hydrogens is 612 g/mol. The molecule has 1 aromatic carbocycles. The van der Waals surface area contributed by atoms with Gasteiger partial charge in [-0.3, -0.25) is 9.80 Å². The highest BCUT2D eigenvalue weighted by atomic mass is 16.6. The second-order valence-corrected chi connectivity index (χ2v) is 13.9. The summed E-state index contributed by atoms with van der Waals surface area (Å²) in [5, 5.41) is 0. The predicted octanol–water partition coefficient (Wildman–Crippen LogP) is 5.33. The smallest absolute Gasteiger partial charge is 0.411 e. The van der Waals surface area contributed by atoms with Crippen molar-refractivity contribution in [1.29, 1.82) is 0 Å². The van der Waals surface area contributed by atoms with Gasteiger partial charge in [0.15, 0.2) is 0 Å². The van der Waals surface area contributed by atoms with Gasteiger partial charge in [0.1, 0.15) is 34.2 Å². The normalized spacial score (nSPS) is 20.9. The van der Waals surface area contributed by atoms with Crippen LogP contribution in [0, 0.1) is 23.7 Å². The van der Waals surface area contributed by atoms with E-state index in [0.29, 0.717) is 49.0 Å². The van der Waals surface area contributed by atoms with E-state index in [1.807, 2.05) is 65.8 Å². The molecule has 5 rings (SSSR count). The fourth-order valence-electron chi connectivity index (χ4n) is 5.55. The third-order valence-electron chi connectivity index (χ3n) is 7.83. The molecule has 4 atom stereocenters. The lowest BCUT2D eigenvalue weighted by molar-refractivity contribution is 0.0181. The number of methoxy groups -OCH3 is 2. The Balaban J connectivity index is 1.22. The van der Waals surface area contributed by atoms with Crippen LogP contribution in [0.1, 0.15) is 101 Å². The Hall–Kier alpha value is -4.78. The van der Waals surface area contributed by atoms with Crippen molar-refractivity contribution in [1.82, 2.24) is 29.7 Å². The van der Waals surface area contributed by atoms with Crippen LogP contribution in [0.3, 0.4) is 0 Å². The molecule has 48 heavy (non-hydrogen) atoms. The standard InChI is InChI=1S/C36H44N6O6/c1-35(2,3)47-33(43)41-21-27(45-7)17-29(41)31-37-19-25(39-31)15-13-23-9-11-24(12-10-23)14-16-26-20-38-32(40-26)30-18-28(46-8)22-42(30)34(44)48-36(4,5)6/h9-12,19-20,27-30H,17-18,21-22H2,1-8H3,(H,37,39)(H,38,40)/t27-,28-,29-,30-/m0/s1. The maximum Gasteiger partial charge on any atom is 0.411 e. The zero-order chi connectivity index (χ0) is 34.6. The summed E-state index contributed by atoms with van der Waals surface area (Å²) in [5.74, 6) is 13.8. The van der Waals surface area contributed by atoms with Crippen molar-refractivity contribution in [2.45, 2.75) is 89.9 Å². The molecule has 0 radical (unpaired) electrons. The van der Waals surface area contributed by atoms with Gasteiger partial charge in [0.2, 0.25) is 0 Å². The Kier molecular flexibility index (Phi) is 10.2. The Labute approximate surface area is 281 Å². The number of ether oxygens (including phenoxy) is 4. The number of nitrogens with zero attached hydrogens (tertiary/aromatic N) is 4. The number of aromatic nitrogens is 4. The molecule has 2 saturated heterocycles. The number of amides is 2. The van der Waals surface area contributed by atoms with E-state index >= 15 is 0 Å². The van der Waals surface area contributed by atoms with E-state index in [2.05, 4.69) is 43.6 Å². The summed E-state index contributed by atoms with van der Waals surface area (Å²) in [6, 6.07) is 6.99. The van der Waals surface area contributed by atoms with Crippen LogP contribution in [-0.2, 0) is 18.9 Å². The van der Waals surface area contributed by atoms with Gasteiger partial charge >= 0.3 is 12.2 Å². The van der Waals surface area contributed by atoms with Crippen LogP contribution in [0.5, 0.6) is 0 Å². The van der Waals surface area contributed by atoms with Gasteiger partial charge in [-0.05, 0) is 77.6 Å². The van der Waals surface area contributed by atoms with E-state index in [9.17, 15) is 9.59 Å². The largest absolute Gasteiger partial charge is 0.444 e. The van der Waals surface area contributed by atoms with Gasteiger partial charge < -0.3 is 28.9 Å². The fraction of sp³-hybridized carbons (Fsp3) is 0.500. The number of hydrogen-bond donors (Lipinski definition) is 2. The van der Waals surface area contributed by atoms with Gasteiger partial charge in [0.25, 0.3) is 0 Å². The summed E-state index contributed by atoms with van der Waals surface area (Å²) in [4.78, 5) is 44.7. The average molecular weight is 657 g/mol. The second kappa shape index (κ2) is 14.1. The highest BCUT2D eigenvalue weighted by molar-refractivity contribution is 5.70. The molecule has 2 N–H and O–H groups in total. The van der Waals surface area contributed by atoms with Crippen LogP contribution < -0.4 is 0 Å². The van der Waals surface area contributed by atoms with Gasteiger partial charge in [-0.25, -0.2) is 19.6 Å². The van der Waals surface area contributed by atoms with Crippen LogP contribution in [0.25, 0.3) is 0 Å². The minimum atomic E-state index is -0.604. The molecular formula is C36H44N6O6. The van der Waals surface area contributed by atoms with Gasteiger partial charge in [-0.2, -0.15) is 0 Å². The van der Waals surface area contributed by atoms with E-state index in [1.54, 1.807) is 36.4 Å². The van der Waals surface area contributed by atoms with E-state index in [-0.39, 0.29) is 24.3 Å². The lowest BCUT2D eigenvalue weighted by Crippen LogP contribution is -2.37. The predicted molar refractivity (Wildman–Crippen MR) is 178 cm³/mol. The molecule has 0 spiro atoms. The lowest BCUT2D eigenvalue weighted by atomic mass is 10.1. The number of imidazole rings is 2. The number of rotatable bonds is 4. The quantitative estimate of drug-likeness (QED) is 0.360. The van der Waals surface area contributed by atoms with Gasteiger partial charge in [-0.15, -0.1) is 0 Å². The Bertz CT molecular complexity index is 1600. The number of likely N-dealkylation sites (tertiary alicyclic amines) is 2. The van der Waals surface area contributed by atoms with E-state index < -0.39 is 23.4 Å². The molecule has 12 nitrogen and oxygen atoms in total. The summed E-state index contributed by atoms with van der Waals surface area (Å²) in [5.41, 5.74) is 1.54. The molecule has 2 fully saturated rings. The average Bonchev–Trinajstić information content (AvgIpc) is 3.83. The molecule has 2 aliphatic rings. The van der Waals surface area contributed by atoms with Crippen molar-refractivity contribution in [3.05, 3.63) is 70.8 Å². The minimum absolute atomic E-state index is 0.107. The third-order valence-corrected chi connectivity index (χ3v) is 7.83. The van der Waals surface area contributed by atoms with Crippen LogP contribution >= 0.6 is 0 Å². The second-order valence-electron chi connectivity index (χ2n) is 13.9. The zero-order valence-electron chi connectivity index (χ0n) is 28.8. The molecule has 2 aromatic heterocycles. The first kappa shape index (κ1) is 34.6. The summed E-state index contributed by atoms with van der Waals surface area (Å²) in [6.45, 7) is 11.9. The van der Waals surface area contributed by atoms with Crippen LogP contribution in [-0.4, -0.2) is 92.6 Å². The number of carbonyl (C=O) groups is 2. The van der Waals surface area contributed by atoms with Crippen molar-refractivity contribution in [2.75, 3.05) is 27.3 Å². The molecule has 254 valence electrons. The maximum atomic E-state index is 12.9. The number of aromatic amines is 2. The van der Waals surface area contributed by atoms with Crippen molar-refractivity contribution in [3.63, 3.8) is 0 Å². The number of benzene rings is 1. The molecule has 12 heteroatoms. The van der Waals surface area contributed by atoms with Crippen LogP contribution in [0.15, 0.2) is 36.7 Å². The maximum absolute atomic E-state index is 12.9. The Morgan fingerprint density at radius 2 is 1.06 bits per heavy atom. The van der Waals surface area contributed by atoms with E-state index in [4.69, 9.17) is 18.9 Å². The van der Waals surface area contributed by atoms with Gasteiger partial charge in [0.05, 0.1) is 37.4 Å². The minimum Gasteiger partial charge on any atom is -0.444 e. The topological polar surface area (TPSA) is 135 Å². The first-order valence-corrected chi connectivity index (χ1v) is 16.0. The van der Waals surface area contributed by atoms with Gasteiger partial charge in [-0.1, -0.05) is 11.8 Å². The molecule has 0 aliphatic carbocycles. The van der Waals surface area contributed by atoms with Crippen LogP contribution in [0.2, 0.25) is 0 Å². The zero-order valence-corrected chi connectivity index (χ0v) is 28.8. The molecule has 0 saturated carbocycles. The number of hydrogen-bond acceptors (Lipinski definition) is 8. The lowest BCUT2D eigenvalue weighted by Gasteiger charge is -2.27. The number of carbonyl (C=O) groups excluding carboxylic acids is 2. The van der Waals surface area contributed by atoms with Crippen molar-refractivity contribution >= 4 is 12.2 Å². The molecule has 2 amide bonds. The van der Waals surface area contributed by atoms with E-state index in [1.165, 1.54) is 0 Å². The third kappa shape index (κ3) is 8.77. The first-order chi connectivity index (χ1) is 22.7. The van der Waals surface area contributed by atoms with Crippen molar-refractivity contribution in [3.8, 4) is 23.7 Å². The summed E-state index contributed by atoms with van der Waals surface area (Å²) in [6.07, 6.45) is 3.68. The Morgan fingerprint density at radius 1 is 0.688 bits per heavy atom. The number of H-pyrrole nitrogens is 2. The molecule has 0 bridgehead atoms. The Morgan fingerprint density at radius 3 is 1.40 bits per heavy atom. The van der Waals surface area contributed by atoms with Crippen molar-refractivity contribution < 1.29 is 28.5 Å². The highest BCUT2D eigenvalue weighted by Crippen LogP contribution is 2.34. The molecule has 4 heterocycles. The fourth-order valence-corrected chi connectivity index (χ4v) is 5.55. The van der Waals surface area contributed by atoms with Crippen LogP contribution in [0.4, 0.5) is 9.59 Å². The monoisotopic (exact) mass is 656 g/mol. The highest BCUT2D eigenvalue weighted by Gasteiger charge is 2.41. The molecule has 3 aromatic rings. The summed E-state index contributed by atoms with van der Waals surface area (Å²) >= 11 is 0. The summed E-state index contributed by atoms with van der Waals surface area (Å²) in [7, 11) is 3.28. The van der Waals surface area contributed by atoms with Gasteiger partial charge in [0, 0.05) is 50.6 Å². The SMILES string of the molecule is CO[C@H]1C[C@@H](c2nc(C#Cc3ccc(C#Cc4c[nH]c([C@@H]5C[C@H](OC)CN5C(=O)OC(C)(C)C)n4)cc3)c[nH]2)N(C(=O)OC(C)(C)C)C1. The van der Waals surface area contributed by atoms with E-state index in [0.717, 1.165) is 11.1 Å². The molecule has 0 unspecified atom stereocenters. The van der Waals surface area contributed by atoms with Crippen molar-refractivity contribution in [2.24, 2.45) is 0 Å². The first-order valence-electron chi connectivity index (χ1n) is 16.0. The summed E-state index contributed by atoms with van der Waals surface area (Å²) < 4.78 is 22.3. The number of nitrogens with one attached hydrogen (secondary N) is 2.